The number of rotatable bonds is 13. The average Bonchev–Trinajstić information content (AvgIpc) is 2.87. The number of ether oxygens (including phenoxy) is 1. The lowest BCUT2D eigenvalue weighted by molar-refractivity contribution is -0.120. The Labute approximate surface area is 231 Å². The van der Waals surface area contributed by atoms with Gasteiger partial charge in [0.05, 0.1) is 17.3 Å². The first-order valence-electron chi connectivity index (χ1n) is 13.1. The first-order valence-corrected chi connectivity index (χ1v) is 14.7. The highest BCUT2D eigenvalue weighted by Crippen LogP contribution is 2.26. The third kappa shape index (κ3) is 9.86. The van der Waals surface area contributed by atoms with E-state index in [1.807, 2.05) is 58.0 Å². The number of aromatic nitrogens is 2. The quantitative estimate of drug-likeness (QED) is 0.228. The Kier molecular flexibility index (Phi) is 10.3. The van der Waals surface area contributed by atoms with Gasteiger partial charge in [0.15, 0.2) is 9.84 Å². The summed E-state index contributed by atoms with van der Waals surface area (Å²) < 4.78 is 31.5. The van der Waals surface area contributed by atoms with Crippen LogP contribution < -0.4 is 20.7 Å². The van der Waals surface area contributed by atoms with Gasteiger partial charge in [0, 0.05) is 36.6 Å². The smallest absolute Gasteiger partial charge is 0.229 e. The van der Waals surface area contributed by atoms with Crippen LogP contribution in [0.1, 0.15) is 52.0 Å². The highest BCUT2D eigenvalue weighted by atomic mass is 32.2. The van der Waals surface area contributed by atoms with Crippen LogP contribution in [0.15, 0.2) is 59.6 Å². The molecule has 0 aliphatic rings. The monoisotopic (exact) mass is 553 g/mol. The van der Waals surface area contributed by atoms with E-state index in [1.54, 1.807) is 31.4 Å². The number of anilines is 4. The Bertz CT molecular complexity index is 1350. The molecule has 0 bridgehead atoms. The van der Waals surface area contributed by atoms with Crippen LogP contribution in [0.4, 0.5) is 23.1 Å². The second-order valence-corrected chi connectivity index (χ2v) is 12.7. The fourth-order valence-corrected chi connectivity index (χ4v) is 5.73. The van der Waals surface area contributed by atoms with E-state index >= 15 is 0 Å². The predicted molar refractivity (Wildman–Crippen MR) is 156 cm³/mol. The SMILES string of the molecule is CNC(=O)CCCCCOc1ccc(Nc2ncc(C)c(Nc3cccc(S(=O)(=O)CC(C)(C)C)c3)n2)cc1. The van der Waals surface area contributed by atoms with Crippen LogP contribution in [0, 0.1) is 12.3 Å². The number of carbonyl (C=O) groups excluding carboxylic acids is 1. The third-order valence-corrected chi connectivity index (χ3v) is 7.98. The zero-order chi connectivity index (χ0) is 28.5. The second kappa shape index (κ2) is 13.4. The summed E-state index contributed by atoms with van der Waals surface area (Å²) in [5, 5.41) is 9.05. The molecule has 0 unspecified atom stereocenters. The highest BCUT2D eigenvalue weighted by Gasteiger charge is 2.23. The zero-order valence-corrected chi connectivity index (χ0v) is 24.2. The summed E-state index contributed by atoms with van der Waals surface area (Å²) in [6.45, 7) is 8.20. The van der Waals surface area contributed by atoms with Crippen molar-refractivity contribution in [2.75, 3.05) is 30.0 Å². The number of benzene rings is 2. The molecule has 0 fully saturated rings. The molecular formula is C29H39N5O4S. The molecule has 2 aromatic carbocycles. The fraction of sp³-hybridized carbons (Fsp3) is 0.414. The molecule has 0 spiro atoms. The Morgan fingerprint density at radius 3 is 2.41 bits per heavy atom. The van der Waals surface area contributed by atoms with E-state index in [0.717, 1.165) is 36.3 Å². The van der Waals surface area contributed by atoms with Crippen molar-refractivity contribution >= 4 is 38.9 Å². The molecule has 210 valence electrons. The third-order valence-electron chi connectivity index (χ3n) is 5.76. The predicted octanol–water partition coefficient (Wildman–Crippen LogP) is 5.78. The summed E-state index contributed by atoms with van der Waals surface area (Å²) in [5.74, 6) is 1.88. The molecule has 0 saturated heterocycles. The number of unbranched alkanes of at least 4 members (excludes halogenated alkanes) is 2. The van der Waals surface area contributed by atoms with Crippen molar-refractivity contribution in [1.29, 1.82) is 0 Å². The molecule has 0 aliphatic heterocycles. The topological polar surface area (TPSA) is 122 Å². The van der Waals surface area contributed by atoms with Crippen molar-refractivity contribution in [3.63, 3.8) is 0 Å². The van der Waals surface area contributed by atoms with Gasteiger partial charge in [-0.1, -0.05) is 26.8 Å². The van der Waals surface area contributed by atoms with E-state index < -0.39 is 9.84 Å². The number of nitrogens with one attached hydrogen (secondary N) is 3. The molecule has 3 N–H and O–H groups in total. The summed E-state index contributed by atoms with van der Waals surface area (Å²) in [6, 6.07) is 14.3. The van der Waals surface area contributed by atoms with Crippen molar-refractivity contribution in [2.45, 2.75) is 58.3 Å². The number of hydrogen-bond acceptors (Lipinski definition) is 8. The molecule has 0 atom stereocenters. The molecule has 1 heterocycles. The van der Waals surface area contributed by atoms with Gasteiger partial charge in [-0.15, -0.1) is 0 Å². The maximum atomic E-state index is 12.8. The van der Waals surface area contributed by atoms with Crippen LogP contribution in [-0.2, 0) is 14.6 Å². The zero-order valence-electron chi connectivity index (χ0n) is 23.4. The van der Waals surface area contributed by atoms with Crippen molar-refractivity contribution in [3.8, 4) is 5.75 Å². The normalized spacial score (nSPS) is 11.6. The number of aryl methyl sites for hydroxylation is 1. The van der Waals surface area contributed by atoms with Gasteiger partial charge in [0.25, 0.3) is 0 Å². The molecular weight excluding hydrogens is 514 g/mol. The lowest BCUT2D eigenvalue weighted by atomic mass is 10.0. The number of amides is 1. The van der Waals surface area contributed by atoms with E-state index in [9.17, 15) is 13.2 Å². The van der Waals surface area contributed by atoms with Gasteiger partial charge in [-0.3, -0.25) is 4.79 Å². The molecule has 0 radical (unpaired) electrons. The van der Waals surface area contributed by atoms with Crippen molar-refractivity contribution in [1.82, 2.24) is 15.3 Å². The Balaban J connectivity index is 1.59. The van der Waals surface area contributed by atoms with E-state index in [2.05, 4.69) is 25.9 Å². The fourth-order valence-electron chi connectivity index (χ4n) is 3.83. The summed E-state index contributed by atoms with van der Waals surface area (Å²) in [6.07, 6.45) is 4.92. The molecule has 9 nitrogen and oxygen atoms in total. The van der Waals surface area contributed by atoms with Gasteiger partial charge in [0.1, 0.15) is 11.6 Å². The van der Waals surface area contributed by atoms with Crippen molar-refractivity contribution < 1.29 is 17.9 Å². The summed E-state index contributed by atoms with van der Waals surface area (Å²) in [5.41, 5.74) is 1.92. The first kappa shape index (κ1) is 29.9. The Morgan fingerprint density at radius 1 is 0.974 bits per heavy atom. The minimum Gasteiger partial charge on any atom is -0.494 e. The lowest BCUT2D eigenvalue weighted by Crippen LogP contribution is -2.20. The van der Waals surface area contributed by atoms with Gasteiger partial charge >= 0.3 is 0 Å². The van der Waals surface area contributed by atoms with Crippen LogP contribution in [-0.4, -0.2) is 43.7 Å². The van der Waals surface area contributed by atoms with Gasteiger partial charge in [-0.05, 0) is 74.1 Å². The minimum absolute atomic E-state index is 0.0625. The van der Waals surface area contributed by atoms with E-state index in [4.69, 9.17) is 4.74 Å². The van der Waals surface area contributed by atoms with Crippen LogP contribution in [0.25, 0.3) is 0 Å². The standard InChI is InChI=1S/C29H39N5O4S/c1-21-19-31-28(33-22-13-15-24(16-14-22)38-17-8-6-7-12-26(35)30-5)34-27(21)32-23-10-9-11-25(18-23)39(36,37)20-29(2,3)4/h9-11,13-16,18-19H,6-8,12,17,20H2,1-5H3,(H,30,35)(H2,31,32,33,34). The maximum Gasteiger partial charge on any atom is 0.229 e. The van der Waals surface area contributed by atoms with E-state index in [0.29, 0.717) is 30.5 Å². The summed E-state index contributed by atoms with van der Waals surface area (Å²) in [4.78, 5) is 20.5. The highest BCUT2D eigenvalue weighted by molar-refractivity contribution is 7.91. The summed E-state index contributed by atoms with van der Waals surface area (Å²) >= 11 is 0. The molecule has 1 aromatic heterocycles. The van der Waals surface area contributed by atoms with Gasteiger partial charge in [0.2, 0.25) is 11.9 Å². The molecule has 3 aromatic rings. The van der Waals surface area contributed by atoms with Crippen LogP contribution in [0.5, 0.6) is 5.75 Å². The Hall–Kier alpha value is -3.66. The van der Waals surface area contributed by atoms with Crippen LogP contribution in [0.2, 0.25) is 0 Å². The van der Waals surface area contributed by atoms with Gasteiger partial charge < -0.3 is 20.7 Å². The molecule has 0 saturated carbocycles. The Morgan fingerprint density at radius 2 is 1.72 bits per heavy atom. The van der Waals surface area contributed by atoms with Gasteiger partial charge in [-0.2, -0.15) is 4.98 Å². The molecule has 39 heavy (non-hydrogen) atoms. The molecule has 1 amide bonds. The first-order chi connectivity index (χ1) is 18.4. The molecule has 3 rings (SSSR count). The molecule has 10 heteroatoms. The maximum absolute atomic E-state index is 12.8. The number of hydrogen-bond donors (Lipinski definition) is 3. The van der Waals surface area contributed by atoms with E-state index in [-0.39, 0.29) is 22.0 Å². The van der Waals surface area contributed by atoms with Crippen molar-refractivity contribution in [3.05, 3.63) is 60.3 Å². The number of sulfone groups is 1. The van der Waals surface area contributed by atoms with E-state index in [1.165, 1.54) is 0 Å². The second-order valence-electron chi connectivity index (χ2n) is 10.7. The molecule has 0 aliphatic carbocycles. The largest absolute Gasteiger partial charge is 0.494 e. The van der Waals surface area contributed by atoms with Crippen LogP contribution >= 0.6 is 0 Å². The minimum atomic E-state index is -3.42. The summed E-state index contributed by atoms with van der Waals surface area (Å²) in [7, 11) is -1.77. The van der Waals surface area contributed by atoms with Crippen molar-refractivity contribution in [2.24, 2.45) is 5.41 Å². The van der Waals surface area contributed by atoms with Gasteiger partial charge in [-0.25, -0.2) is 13.4 Å². The number of nitrogens with zero attached hydrogens (tertiary/aromatic N) is 2. The average molecular weight is 554 g/mol. The lowest BCUT2D eigenvalue weighted by Gasteiger charge is -2.18. The number of carbonyl (C=O) groups is 1. The van der Waals surface area contributed by atoms with Crippen LogP contribution in [0.3, 0.4) is 0 Å².